The Morgan fingerprint density at radius 2 is 1.79 bits per heavy atom. The maximum atomic E-state index is 12.3. The van der Waals surface area contributed by atoms with Gasteiger partial charge in [-0.2, -0.15) is 0 Å². The van der Waals surface area contributed by atoms with E-state index in [9.17, 15) is 9.59 Å². The zero-order valence-corrected chi connectivity index (χ0v) is 11.7. The topological polar surface area (TPSA) is 70.8 Å². The number of carboxylic acids is 1. The van der Waals surface area contributed by atoms with Crippen LogP contribution in [0, 0.1) is 0 Å². The molecule has 0 aliphatic carbocycles. The average molecular weight is 267 g/mol. The highest BCUT2D eigenvalue weighted by Gasteiger charge is 2.23. The second-order valence-electron chi connectivity index (χ2n) is 4.40. The SMILES string of the molecule is CCCN(CCC)C(=O)c1cc(C(=O)O)c(CC)o1. The number of hydrogen-bond acceptors (Lipinski definition) is 3. The van der Waals surface area contributed by atoms with Crippen LogP contribution in [0.2, 0.25) is 0 Å². The van der Waals surface area contributed by atoms with Crippen LogP contribution in [0.4, 0.5) is 0 Å². The average Bonchev–Trinajstić information content (AvgIpc) is 2.82. The number of carbonyl (C=O) groups excluding carboxylic acids is 1. The van der Waals surface area contributed by atoms with E-state index in [0.29, 0.717) is 25.3 Å². The molecule has 5 heteroatoms. The molecule has 0 aliphatic heterocycles. The van der Waals surface area contributed by atoms with Crippen molar-refractivity contribution in [2.75, 3.05) is 13.1 Å². The first kappa shape index (κ1) is 15.3. The van der Waals surface area contributed by atoms with Gasteiger partial charge in [0.1, 0.15) is 11.3 Å². The van der Waals surface area contributed by atoms with Gasteiger partial charge in [-0.25, -0.2) is 4.79 Å². The van der Waals surface area contributed by atoms with Gasteiger partial charge in [0.15, 0.2) is 5.76 Å². The summed E-state index contributed by atoms with van der Waals surface area (Å²) in [5.74, 6) is -0.817. The molecule has 106 valence electrons. The molecule has 0 aliphatic rings. The highest BCUT2D eigenvalue weighted by Crippen LogP contribution is 2.18. The minimum absolute atomic E-state index is 0.0822. The van der Waals surface area contributed by atoms with Crippen molar-refractivity contribution in [3.05, 3.63) is 23.2 Å². The first-order valence-corrected chi connectivity index (χ1v) is 6.70. The van der Waals surface area contributed by atoms with E-state index in [-0.39, 0.29) is 17.2 Å². The predicted octanol–water partition coefficient (Wildman–Crippen LogP) is 2.80. The molecule has 1 rings (SSSR count). The molecule has 0 unspecified atom stereocenters. The largest absolute Gasteiger partial charge is 0.478 e. The number of furan rings is 1. The maximum absolute atomic E-state index is 12.3. The number of hydrogen-bond donors (Lipinski definition) is 1. The Morgan fingerprint density at radius 3 is 2.16 bits per heavy atom. The molecule has 0 aromatic carbocycles. The van der Waals surface area contributed by atoms with Crippen LogP contribution in [0.15, 0.2) is 10.5 Å². The summed E-state index contributed by atoms with van der Waals surface area (Å²) in [6.45, 7) is 7.10. The number of amides is 1. The van der Waals surface area contributed by atoms with Crippen molar-refractivity contribution in [3.63, 3.8) is 0 Å². The summed E-state index contributed by atoms with van der Waals surface area (Å²) >= 11 is 0. The number of aryl methyl sites for hydroxylation is 1. The first-order chi connectivity index (χ1) is 9.04. The van der Waals surface area contributed by atoms with Crippen molar-refractivity contribution in [1.29, 1.82) is 0 Å². The maximum Gasteiger partial charge on any atom is 0.339 e. The van der Waals surface area contributed by atoms with E-state index in [1.807, 2.05) is 13.8 Å². The third kappa shape index (κ3) is 3.59. The van der Waals surface area contributed by atoms with Gasteiger partial charge < -0.3 is 14.4 Å². The summed E-state index contributed by atoms with van der Waals surface area (Å²) in [5.41, 5.74) is 0.0822. The Labute approximate surface area is 113 Å². The molecule has 1 aromatic rings. The summed E-state index contributed by atoms with van der Waals surface area (Å²) in [6.07, 6.45) is 2.17. The van der Waals surface area contributed by atoms with Gasteiger partial charge in [-0.15, -0.1) is 0 Å². The minimum Gasteiger partial charge on any atom is -0.478 e. The van der Waals surface area contributed by atoms with Gasteiger partial charge in [0.05, 0.1) is 0 Å². The van der Waals surface area contributed by atoms with Crippen molar-refractivity contribution >= 4 is 11.9 Å². The molecular formula is C14H21NO4. The van der Waals surface area contributed by atoms with Crippen LogP contribution in [-0.2, 0) is 6.42 Å². The van der Waals surface area contributed by atoms with Gasteiger partial charge in [0, 0.05) is 25.6 Å². The van der Waals surface area contributed by atoms with Crippen molar-refractivity contribution < 1.29 is 19.1 Å². The molecule has 1 aromatic heterocycles. The molecule has 0 spiro atoms. The minimum atomic E-state index is -1.06. The van der Waals surface area contributed by atoms with Gasteiger partial charge in [-0.05, 0) is 12.8 Å². The molecule has 0 saturated heterocycles. The van der Waals surface area contributed by atoms with E-state index < -0.39 is 5.97 Å². The number of nitrogens with zero attached hydrogens (tertiary/aromatic N) is 1. The molecule has 0 bridgehead atoms. The van der Waals surface area contributed by atoms with Gasteiger partial charge in [-0.3, -0.25) is 4.79 Å². The van der Waals surface area contributed by atoms with E-state index in [2.05, 4.69) is 0 Å². The quantitative estimate of drug-likeness (QED) is 0.824. The van der Waals surface area contributed by atoms with Crippen molar-refractivity contribution in [3.8, 4) is 0 Å². The molecule has 19 heavy (non-hydrogen) atoms. The zero-order valence-electron chi connectivity index (χ0n) is 11.7. The number of carboxylic acid groups (broad SMARTS) is 1. The Morgan fingerprint density at radius 1 is 1.21 bits per heavy atom. The lowest BCUT2D eigenvalue weighted by molar-refractivity contribution is 0.0691. The van der Waals surface area contributed by atoms with E-state index in [4.69, 9.17) is 9.52 Å². The van der Waals surface area contributed by atoms with Crippen LogP contribution in [-0.4, -0.2) is 35.0 Å². The van der Waals surface area contributed by atoms with E-state index in [0.717, 1.165) is 12.8 Å². The summed E-state index contributed by atoms with van der Waals surface area (Å²) < 4.78 is 5.39. The van der Waals surface area contributed by atoms with Crippen molar-refractivity contribution in [2.24, 2.45) is 0 Å². The molecular weight excluding hydrogens is 246 g/mol. The summed E-state index contributed by atoms with van der Waals surface area (Å²) in [4.78, 5) is 25.0. The molecule has 1 N–H and O–H groups in total. The summed E-state index contributed by atoms with van der Waals surface area (Å²) in [7, 11) is 0. The molecule has 1 heterocycles. The smallest absolute Gasteiger partial charge is 0.339 e. The normalized spacial score (nSPS) is 10.5. The highest BCUT2D eigenvalue weighted by molar-refractivity contribution is 5.96. The molecule has 1 amide bonds. The molecule has 0 saturated carbocycles. The molecule has 0 atom stereocenters. The van der Waals surface area contributed by atoms with Crippen LogP contribution in [0.3, 0.4) is 0 Å². The van der Waals surface area contributed by atoms with Gasteiger partial charge in [0.2, 0.25) is 0 Å². The fraction of sp³-hybridized carbons (Fsp3) is 0.571. The van der Waals surface area contributed by atoms with Gasteiger partial charge in [0.25, 0.3) is 5.91 Å². The summed E-state index contributed by atoms with van der Waals surface area (Å²) in [6, 6.07) is 1.34. The van der Waals surface area contributed by atoms with E-state index >= 15 is 0 Å². The lowest BCUT2D eigenvalue weighted by atomic mass is 10.2. The Kier molecular flexibility index (Phi) is 5.60. The fourth-order valence-electron chi connectivity index (χ4n) is 1.99. The lowest BCUT2D eigenvalue weighted by Crippen LogP contribution is -2.32. The Hall–Kier alpha value is -1.78. The molecule has 0 radical (unpaired) electrons. The number of aromatic carboxylic acids is 1. The number of rotatable bonds is 7. The van der Waals surface area contributed by atoms with Gasteiger partial charge in [-0.1, -0.05) is 20.8 Å². The lowest BCUT2D eigenvalue weighted by Gasteiger charge is -2.19. The van der Waals surface area contributed by atoms with Crippen LogP contribution in [0.1, 0.15) is 60.3 Å². The fourth-order valence-corrected chi connectivity index (χ4v) is 1.99. The second kappa shape index (κ2) is 6.97. The third-order valence-electron chi connectivity index (χ3n) is 2.85. The van der Waals surface area contributed by atoms with Gasteiger partial charge >= 0.3 is 5.97 Å². The Balaban J connectivity index is 3.00. The van der Waals surface area contributed by atoms with Crippen LogP contribution < -0.4 is 0 Å². The third-order valence-corrected chi connectivity index (χ3v) is 2.85. The monoisotopic (exact) mass is 267 g/mol. The van der Waals surface area contributed by atoms with E-state index in [1.165, 1.54) is 6.07 Å². The van der Waals surface area contributed by atoms with E-state index in [1.54, 1.807) is 11.8 Å². The molecule has 5 nitrogen and oxygen atoms in total. The summed E-state index contributed by atoms with van der Waals surface area (Å²) in [5, 5.41) is 9.05. The van der Waals surface area contributed by atoms with Crippen molar-refractivity contribution in [2.45, 2.75) is 40.0 Å². The van der Waals surface area contributed by atoms with Crippen LogP contribution >= 0.6 is 0 Å². The Bertz CT molecular complexity index is 444. The van der Waals surface area contributed by atoms with Crippen LogP contribution in [0.5, 0.6) is 0 Å². The molecule has 0 fully saturated rings. The zero-order chi connectivity index (χ0) is 14.4. The standard InChI is InChI=1S/C14H21NO4/c1-4-7-15(8-5-2)13(16)12-9-10(14(17)18)11(6-3)19-12/h9H,4-8H2,1-3H3,(H,17,18). The second-order valence-corrected chi connectivity index (χ2v) is 4.40. The predicted molar refractivity (Wildman–Crippen MR) is 71.5 cm³/mol. The van der Waals surface area contributed by atoms with Crippen LogP contribution in [0.25, 0.3) is 0 Å². The highest BCUT2D eigenvalue weighted by atomic mass is 16.4. The van der Waals surface area contributed by atoms with Crippen molar-refractivity contribution in [1.82, 2.24) is 4.90 Å². The number of carbonyl (C=O) groups is 2. The first-order valence-electron chi connectivity index (χ1n) is 6.70.